The lowest BCUT2D eigenvalue weighted by Gasteiger charge is -2.07. The summed E-state index contributed by atoms with van der Waals surface area (Å²) in [4.78, 5) is 4.43. The van der Waals surface area contributed by atoms with Gasteiger partial charge >= 0.3 is 0 Å². The highest BCUT2D eigenvalue weighted by Gasteiger charge is 2.15. The van der Waals surface area contributed by atoms with E-state index < -0.39 is 0 Å². The van der Waals surface area contributed by atoms with Crippen molar-refractivity contribution >= 4 is 5.71 Å². The molecule has 74 valence electrons. The fourth-order valence-corrected chi connectivity index (χ4v) is 1.85. The van der Waals surface area contributed by atoms with Crippen molar-refractivity contribution < 1.29 is 9.47 Å². The summed E-state index contributed by atoms with van der Waals surface area (Å²) in [6, 6.07) is 0. The fraction of sp³-hybridized carbons (Fsp3) is 0.900. The lowest BCUT2D eigenvalue weighted by Crippen LogP contribution is -2.07. The number of ether oxygens (including phenoxy) is 2. The summed E-state index contributed by atoms with van der Waals surface area (Å²) >= 11 is 0. The van der Waals surface area contributed by atoms with Crippen LogP contribution in [0.3, 0.4) is 0 Å². The van der Waals surface area contributed by atoms with Crippen molar-refractivity contribution in [1.82, 2.24) is 0 Å². The summed E-state index contributed by atoms with van der Waals surface area (Å²) in [5, 5.41) is 0. The first kappa shape index (κ1) is 9.16. The minimum Gasteiger partial charge on any atom is -0.350 e. The van der Waals surface area contributed by atoms with Gasteiger partial charge in [0.15, 0.2) is 6.29 Å². The summed E-state index contributed by atoms with van der Waals surface area (Å²) in [7, 11) is 0. The molecule has 0 radical (unpaired) electrons. The van der Waals surface area contributed by atoms with Crippen LogP contribution in [0.4, 0.5) is 0 Å². The van der Waals surface area contributed by atoms with E-state index in [1.807, 2.05) is 0 Å². The molecule has 0 unspecified atom stereocenters. The average Bonchev–Trinajstić information content (AvgIpc) is 2.75. The predicted octanol–water partition coefficient (Wildman–Crippen LogP) is 1.76. The maximum atomic E-state index is 5.36. The number of hydrogen-bond acceptors (Lipinski definition) is 3. The Hall–Kier alpha value is -0.410. The van der Waals surface area contributed by atoms with Gasteiger partial charge in [0.25, 0.3) is 0 Å². The van der Waals surface area contributed by atoms with E-state index in [1.54, 1.807) is 0 Å². The minimum atomic E-state index is 0.0713. The number of nitrogens with zero attached hydrogens (tertiary/aromatic N) is 1. The molecule has 1 saturated heterocycles. The van der Waals surface area contributed by atoms with E-state index in [0.29, 0.717) is 0 Å². The van der Waals surface area contributed by atoms with Crippen LogP contribution in [0, 0.1) is 0 Å². The van der Waals surface area contributed by atoms with Crippen LogP contribution in [0.5, 0.6) is 0 Å². The van der Waals surface area contributed by atoms with Crippen LogP contribution in [-0.4, -0.2) is 31.8 Å². The maximum absolute atomic E-state index is 5.36. The topological polar surface area (TPSA) is 30.8 Å². The van der Waals surface area contributed by atoms with Gasteiger partial charge in [-0.3, -0.25) is 4.99 Å². The van der Waals surface area contributed by atoms with Gasteiger partial charge in [-0.05, 0) is 32.1 Å². The van der Waals surface area contributed by atoms with Crippen molar-refractivity contribution in [3.8, 4) is 0 Å². The van der Waals surface area contributed by atoms with Gasteiger partial charge in [-0.15, -0.1) is 0 Å². The van der Waals surface area contributed by atoms with Crippen LogP contribution < -0.4 is 0 Å². The Morgan fingerprint density at radius 3 is 2.85 bits per heavy atom. The summed E-state index contributed by atoms with van der Waals surface area (Å²) in [5.41, 5.74) is 1.40. The zero-order valence-corrected chi connectivity index (χ0v) is 8.00. The van der Waals surface area contributed by atoms with Crippen molar-refractivity contribution in [2.24, 2.45) is 4.99 Å². The van der Waals surface area contributed by atoms with Crippen LogP contribution in [0.15, 0.2) is 4.99 Å². The van der Waals surface area contributed by atoms with Crippen molar-refractivity contribution in [2.45, 2.75) is 38.4 Å². The smallest absolute Gasteiger partial charge is 0.157 e. The average molecular weight is 183 g/mol. The first-order valence-corrected chi connectivity index (χ1v) is 5.20. The molecule has 2 rings (SSSR count). The van der Waals surface area contributed by atoms with Crippen molar-refractivity contribution in [3.63, 3.8) is 0 Å². The monoisotopic (exact) mass is 183 g/mol. The molecular weight excluding hydrogens is 166 g/mol. The highest BCUT2D eigenvalue weighted by atomic mass is 16.7. The first-order chi connectivity index (χ1) is 6.45. The number of rotatable bonds is 4. The molecule has 2 aliphatic rings. The SMILES string of the molecule is C1CN=C(CCCC2OCCO2)C1. The molecule has 3 nitrogen and oxygen atoms in total. The first-order valence-electron chi connectivity index (χ1n) is 5.20. The second kappa shape index (κ2) is 4.72. The van der Waals surface area contributed by atoms with Gasteiger partial charge in [0.05, 0.1) is 13.2 Å². The van der Waals surface area contributed by atoms with Crippen LogP contribution >= 0.6 is 0 Å². The molecule has 13 heavy (non-hydrogen) atoms. The summed E-state index contributed by atoms with van der Waals surface area (Å²) in [5.74, 6) is 0. The van der Waals surface area contributed by atoms with E-state index in [1.165, 1.54) is 18.6 Å². The number of aliphatic imine (C=N–C) groups is 1. The molecule has 0 N–H and O–H groups in total. The number of hydrogen-bond donors (Lipinski definition) is 0. The van der Waals surface area contributed by atoms with Gasteiger partial charge in [0.1, 0.15) is 0 Å². The van der Waals surface area contributed by atoms with E-state index in [9.17, 15) is 0 Å². The summed E-state index contributed by atoms with van der Waals surface area (Å²) in [6.45, 7) is 2.59. The molecule has 0 aliphatic carbocycles. The normalized spacial score (nSPS) is 23.8. The quantitative estimate of drug-likeness (QED) is 0.665. The third kappa shape index (κ3) is 2.78. The molecule has 2 aliphatic heterocycles. The lowest BCUT2D eigenvalue weighted by atomic mass is 10.1. The van der Waals surface area contributed by atoms with Crippen LogP contribution in [0.25, 0.3) is 0 Å². The third-order valence-corrected chi connectivity index (χ3v) is 2.55. The van der Waals surface area contributed by atoms with Gasteiger partial charge < -0.3 is 9.47 Å². The molecule has 0 aromatic heterocycles. The second-order valence-electron chi connectivity index (χ2n) is 3.61. The molecule has 0 atom stereocenters. The molecule has 0 aromatic carbocycles. The van der Waals surface area contributed by atoms with Gasteiger partial charge in [-0.1, -0.05) is 0 Å². The van der Waals surface area contributed by atoms with E-state index in [4.69, 9.17) is 9.47 Å². The van der Waals surface area contributed by atoms with E-state index >= 15 is 0 Å². The fourth-order valence-electron chi connectivity index (χ4n) is 1.85. The molecule has 0 saturated carbocycles. The van der Waals surface area contributed by atoms with Crippen LogP contribution in [-0.2, 0) is 9.47 Å². The standard InChI is InChI=1S/C10H17NO2/c1(3-9-4-2-6-11-9)5-10-12-7-8-13-10/h10H,1-8H2. The Morgan fingerprint density at radius 1 is 1.31 bits per heavy atom. The zero-order valence-electron chi connectivity index (χ0n) is 8.00. The predicted molar refractivity (Wildman–Crippen MR) is 51.1 cm³/mol. The Bertz CT molecular complexity index is 185. The van der Waals surface area contributed by atoms with E-state index in [0.717, 1.165) is 39.0 Å². The minimum absolute atomic E-state index is 0.0713. The molecular formula is C10H17NO2. The lowest BCUT2D eigenvalue weighted by molar-refractivity contribution is -0.0473. The van der Waals surface area contributed by atoms with Crippen molar-refractivity contribution in [2.75, 3.05) is 19.8 Å². The van der Waals surface area contributed by atoms with Crippen LogP contribution in [0.2, 0.25) is 0 Å². The summed E-state index contributed by atoms with van der Waals surface area (Å²) < 4.78 is 10.7. The van der Waals surface area contributed by atoms with E-state index in [-0.39, 0.29) is 6.29 Å². The molecule has 0 amide bonds. The van der Waals surface area contributed by atoms with Crippen molar-refractivity contribution in [3.05, 3.63) is 0 Å². The third-order valence-electron chi connectivity index (χ3n) is 2.55. The van der Waals surface area contributed by atoms with Gasteiger partial charge in [-0.25, -0.2) is 0 Å². The van der Waals surface area contributed by atoms with Crippen LogP contribution in [0.1, 0.15) is 32.1 Å². The van der Waals surface area contributed by atoms with Gasteiger partial charge in [0, 0.05) is 12.3 Å². The molecule has 0 spiro atoms. The Labute approximate surface area is 79.1 Å². The Kier molecular flexibility index (Phi) is 3.33. The van der Waals surface area contributed by atoms with Gasteiger partial charge in [0.2, 0.25) is 0 Å². The summed E-state index contributed by atoms with van der Waals surface area (Å²) in [6.07, 6.45) is 5.87. The van der Waals surface area contributed by atoms with E-state index in [2.05, 4.69) is 4.99 Å². The maximum Gasteiger partial charge on any atom is 0.157 e. The zero-order chi connectivity index (χ0) is 8.93. The van der Waals surface area contributed by atoms with Crippen molar-refractivity contribution in [1.29, 1.82) is 0 Å². The molecule has 1 fully saturated rings. The highest BCUT2D eigenvalue weighted by Crippen LogP contribution is 2.15. The van der Waals surface area contributed by atoms with Gasteiger partial charge in [-0.2, -0.15) is 0 Å². The molecule has 2 heterocycles. The molecule has 3 heteroatoms. The highest BCUT2D eigenvalue weighted by molar-refractivity contribution is 5.85. The Balaban J connectivity index is 1.57. The largest absolute Gasteiger partial charge is 0.350 e. The molecule has 0 bridgehead atoms. The molecule has 0 aromatic rings. The Morgan fingerprint density at radius 2 is 2.15 bits per heavy atom. The second-order valence-corrected chi connectivity index (χ2v) is 3.61.